The minimum absolute atomic E-state index is 0.00912. The minimum Gasteiger partial charge on any atom is -0.399 e. The summed E-state index contributed by atoms with van der Waals surface area (Å²) in [6.07, 6.45) is 4.64. The molecule has 1 atom stereocenters. The van der Waals surface area contributed by atoms with Gasteiger partial charge in [0.15, 0.2) is 5.82 Å². The van der Waals surface area contributed by atoms with Gasteiger partial charge in [0.1, 0.15) is 5.82 Å². The number of hydrogen-bond acceptors (Lipinski definition) is 7. The van der Waals surface area contributed by atoms with Gasteiger partial charge in [-0.3, -0.25) is 0 Å². The van der Waals surface area contributed by atoms with Crippen molar-refractivity contribution in [2.45, 2.75) is 48.6 Å². The van der Waals surface area contributed by atoms with Crippen molar-refractivity contribution in [1.82, 2.24) is 9.97 Å². The number of anilines is 2. The number of morpholine rings is 1. The monoisotopic (exact) mass is 426 g/mol. The third-order valence-corrected chi connectivity index (χ3v) is 8.10. The number of benzene rings is 1. The first-order valence-corrected chi connectivity index (χ1v) is 11.9. The molecule has 0 spiro atoms. The van der Waals surface area contributed by atoms with Gasteiger partial charge in [-0.1, -0.05) is 0 Å². The lowest BCUT2D eigenvalue weighted by molar-refractivity contribution is 0.0758. The van der Waals surface area contributed by atoms with Gasteiger partial charge in [-0.15, -0.1) is 11.8 Å². The highest BCUT2D eigenvalue weighted by Gasteiger charge is 2.42. The third kappa shape index (κ3) is 4.15. The van der Waals surface area contributed by atoms with Crippen molar-refractivity contribution in [2.24, 2.45) is 0 Å². The van der Waals surface area contributed by atoms with E-state index in [0.29, 0.717) is 6.04 Å². The van der Waals surface area contributed by atoms with Gasteiger partial charge in [0.2, 0.25) is 0 Å². The number of ether oxygens (including phenoxy) is 2. The van der Waals surface area contributed by atoms with Gasteiger partial charge in [-0.05, 0) is 56.9 Å². The molecular weight excluding hydrogens is 396 g/mol. The summed E-state index contributed by atoms with van der Waals surface area (Å²) in [5.74, 6) is 1.79. The van der Waals surface area contributed by atoms with Crippen molar-refractivity contribution in [3.8, 4) is 11.4 Å². The number of nitrogens with two attached hydrogens (primary N) is 1. The van der Waals surface area contributed by atoms with E-state index in [2.05, 4.69) is 29.7 Å². The van der Waals surface area contributed by atoms with Crippen LogP contribution in [-0.2, 0) is 14.2 Å². The van der Waals surface area contributed by atoms with Crippen molar-refractivity contribution >= 4 is 23.3 Å². The van der Waals surface area contributed by atoms with Crippen LogP contribution >= 0.6 is 11.8 Å². The first kappa shape index (κ1) is 20.1. The molecule has 6 nitrogen and oxygen atoms in total. The first-order valence-electron chi connectivity index (χ1n) is 11.0. The number of aromatic nitrogens is 2. The number of nitrogen functional groups attached to an aromatic ring is 1. The van der Waals surface area contributed by atoms with Crippen LogP contribution in [0.5, 0.6) is 0 Å². The molecule has 30 heavy (non-hydrogen) atoms. The number of rotatable bonds is 5. The maximum absolute atomic E-state index is 5.92. The Balaban J connectivity index is 1.60. The Morgan fingerprint density at radius 1 is 1.07 bits per heavy atom. The summed E-state index contributed by atoms with van der Waals surface area (Å²) in [6, 6.07) is 10.4. The Morgan fingerprint density at radius 2 is 1.83 bits per heavy atom. The van der Waals surface area contributed by atoms with Crippen LogP contribution in [0.4, 0.5) is 11.5 Å². The summed E-state index contributed by atoms with van der Waals surface area (Å²) in [5, 5.41) is 0.754. The fraction of sp³-hybridized carbons (Fsp3) is 0.565. The molecule has 0 amide bonds. The molecule has 1 unspecified atom stereocenters. The lowest BCUT2D eigenvalue weighted by Crippen LogP contribution is -2.44. The molecule has 0 bridgehead atoms. The van der Waals surface area contributed by atoms with Gasteiger partial charge < -0.3 is 20.1 Å². The maximum atomic E-state index is 5.92. The molecule has 2 aromatic rings. The SMILES string of the molecule is CC1COCCN1c1cc(C2(SC3CC3)CCOCC2)nc(-c2ccc(N)cc2)n1. The van der Waals surface area contributed by atoms with E-state index in [4.69, 9.17) is 25.2 Å². The minimum atomic E-state index is 0.00912. The quantitative estimate of drug-likeness (QED) is 0.728. The number of nitrogens with zero attached hydrogens (tertiary/aromatic N) is 3. The Kier molecular flexibility index (Phi) is 5.60. The number of hydrogen-bond donors (Lipinski definition) is 1. The molecule has 7 heteroatoms. The molecule has 0 radical (unpaired) electrons. The summed E-state index contributed by atoms with van der Waals surface area (Å²) in [7, 11) is 0. The summed E-state index contributed by atoms with van der Waals surface area (Å²) in [5.41, 5.74) is 8.83. The van der Waals surface area contributed by atoms with E-state index in [9.17, 15) is 0 Å². The van der Waals surface area contributed by atoms with Crippen LogP contribution in [0, 0.1) is 0 Å². The van der Waals surface area contributed by atoms with E-state index >= 15 is 0 Å². The van der Waals surface area contributed by atoms with Crippen LogP contribution in [0.25, 0.3) is 11.4 Å². The Labute approximate surface area is 182 Å². The van der Waals surface area contributed by atoms with Gasteiger partial charge in [0.25, 0.3) is 0 Å². The highest BCUT2D eigenvalue weighted by molar-refractivity contribution is 8.01. The molecule has 2 N–H and O–H groups in total. The van der Waals surface area contributed by atoms with Gasteiger partial charge in [-0.25, -0.2) is 9.97 Å². The van der Waals surface area contributed by atoms with Crippen molar-refractivity contribution in [1.29, 1.82) is 0 Å². The lowest BCUT2D eigenvalue weighted by Gasteiger charge is -2.38. The standard InChI is InChI=1S/C23H30N4O2S/c1-16-15-29-13-10-27(16)21-14-20(23(30-19-6-7-19)8-11-28-12-9-23)25-22(26-21)17-2-4-18(24)5-3-17/h2-5,14,16,19H,6-13,15,24H2,1H3. The molecule has 3 heterocycles. The molecular formula is C23H30N4O2S. The summed E-state index contributed by atoms with van der Waals surface area (Å²) in [4.78, 5) is 12.5. The predicted molar refractivity (Wildman–Crippen MR) is 122 cm³/mol. The van der Waals surface area contributed by atoms with Gasteiger partial charge in [0.05, 0.1) is 29.7 Å². The zero-order valence-electron chi connectivity index (χ0n) is 17.5. The molecule has 3 fully saturated rings. The van der Waals surface area contributed by atoms with Crippen molar-refractivity contribution in [3.05, 3.63) is 36.0 Å². The average molecular weight is 427 g/mol. The van der Waals surface area contributed by atoms with Gasteiger partial charge >= 0.3 is 0 Å². The molecule has 2 aliphatic heterocycles. The van der Waals surface area contributed by atoms with E-state index in [1.54, 1.807) is 0 Å². The Morgan fingerprint density at radius 3 is 2.53 bits per heavy atom. The smallest absolute Gasteiger partial charge is 0.161 e. The molecule has 3 aliphatic rings. The Bertz CT molecular complexity index is 881. The van der Waals surface area contributed by atoms with Crippen molar-refractivity contribution < 1.29 is 9.47 Å². The molecule has 1 saturated carbocycles. The number of thioether (sulfide) groups is 1. The third-order valence-electron chi connectivity index (χ3n) is 6.23. The zero-order chi connectivity index (χ0) is 20.6. The summed E-state index contributed by atoms with van der Waals surface area (Å²) in [6.45, 7) is 6.11. The zero-order valence-corrected chi connectivity index (χ0v) is 18.4. The first-order chi connectivity index (χ1) is 14.6. The lowest BCUT2D eigenvalue weighted by atomic mass is 9.94. The largest absolute Gasteiger partial charge is 0.399 e. The van der Waals surface area contributed by atoms with E-state index in [0.717, 1.165) is 79.7 Å². The Hall–Kier alpha value is -1.83. The second-order valence-electron chi connectivity index (χ2n) is 8.60. The van der Waals surface area contributed by atoms with Crippen LogP contribution in [0.15, 0.2) is 30.3 Å². The fourth-order valence-electron chi connectivity index (χ4n) is 4.28. The summed E-state index contributed by atoms with van der Waals surface area (Å²) < 4.78 is 11.4. The average Bonchev–Trinajstić information content (AvgIpc) is 3.59. The van der Waals surface area contributed by atoms with Crippen LogP contribution in [0.1, 0.15) is 38.3 Å². The summed E-state index contributed by atoms with van der Waals surface area (Å²) >= 11 is 2.12. The second kappa shape index (κ2) is 8.36. The normalized spacial score (nSPS) is 24.0. The van der Waals surface area contributed by atoms with Crippen LogP contribution in [0.2, 0.25) is 0 Å². The molecule has 1 aromatic heterocycles. The van der Waals surface area contributed by atoms with Crippen molar-refractivity contribution in [3.63, 3.8) is 0 Å². The second-order valence-corrected chi connectivity index (χ2v) is 10.3. The van der Waals surface area contributed by atoms with E-state index in [1.807, 2.05) is 24.3 Å². The highest BCUT2D eigenvalue weighted by Crippen LogP contribution is 2.52. The van der Waals surface area contributed by atoms with Gasteiger partial charge in [0, 0.05) is 42.3 Å². The van der Waals surface area contributed by atoms with E-state index < -0.39 is 0 Å². The molecule has 1 aliphatic carbocycles. The van der Waals surface area contributed by atoms with E-state index in [1.165, 1.54) is 12.8 Å². The molecule has 2 saturated heterocycles. The maximum Gasteiger partial charge on any atom is 0.161 e. The highest BCUT2D eigenvalue weighted by atomic mass is 32.2. The molecule has 5 rings (SSSR count). The molecule has 160 valence electrons. The van der Waals surface area contributed by atoms with Gasteiger partial charge in [-0.2, -0.15) is 0 Å². The molecule has 1 aromatic carbocycles. The predicted octanol–water partition coefficient (Wildman–Crippen LogP) is 3.85. The van der Waals surface area contributed by atoms with Crippen molar-refractivity contribution in [2.75, 3.05) is 43.6 Å². The van der Waals surface area contributed by atoms with Crippen LogP contribution in [-0.4, -0.2) is 54.2 Å². The topological polar surface area (TPSA) is 73.5 Å². The van der Waals surface area contributed by atoms with Crippen LogP contribution in [0.3, 0.4) is 0 Å². The van der Waals surface area contributed by atoms with Crippen LogP contribution < -0.4 is 10.6 Å². The fourth-order valence-corrected chi connectivity index (χ4v) is 5.92. The van der Waals surface area contributed by atoms with E-state index in [-0.39, 0.29) is 4.75 Å².